The number of hydrogen-bond acceptors (Lipinski definition) is 5. The van der Waals surface area contributed by atoms with Crippen LogP contribution in [0.5, 0.6) is 0 Å². The van der Waals surface area contributed by atoms with Crippen LogP contribution >= 0.6 is 0 Å². The highest BCUT2D eigenvalue weighted by Crippen LogP contribution is 2.22. The molecule has 0 aliphatic heterocycles. The minimum atomic E-state index is -0.523. The van der Waals surface area contributed by atoms with Crippen LogP contribution in [0.3, 0.4) is 0 Å². The Morgan fingerprint density at radius 2 is 2.08 bits per heavy atom. The lowest BCUT2D eigenvalue weighted by atomic mass is 10.1. The third-order valence-electron chi connectivity index (χ3n) is 3.96. The summed E-state index contributed by atoms with van der Waals surface area (Å²) in [4.78, 5) is 19.5. The lowest BCUT2D eigenvalue weighted by Crippen LogP contribution is -2.26. The van der Waals surface area contributed by atoms with Gasteiger partial charge in [-0.15, -0.1) is 0 Å². The van der Waals surface area contributed by atoms with Crippen LogP contribution in [0.2, 0.25) is 0 Å². The number of H-pyrrole nitrogens is 2. The topological polar surface area (TPSA) is 96.0 Å². The number of fused-ring (bicyclic) bond motifs is 1. The number of aromatic nitrogens is 7. The molecule has 0 unspecified atom stereocenters. The van der Waals surface area contributed by atoms with E-state index >= 15 is 4.39 Å². The summed E-state index contributed by atoms with van der Waals surface area (Å²) >= 11 is 0. The molecule has 0 atom stereocenters. The second-order valence-corrected chi connectivity index (χ2v) is 5.53. The van der Waals surface area contributed by atoms with Crippen molar-refractivity contribution in [3.63, 3.8) is 0 Å². The highest BCUT2D eigenvalue weighted by Gasteiger charge is 2.16. The molecule has 0 aromatic carbocycles. The number of nitrogens with zero attached hydrogens (tertiary/aromatic N) is 5. The Balaban J connectivity index is 1.97. The number of allylic oxidation sites excluding steroid dienone is 1. The van der Waals surface area contributed by atoms with E-state index in [0.29, 0.717) is 28.1 Å². The van der Waals surface area contributed by atoms with Crippen LogP contribution in [-0.2, 0) is 0 Å². The van der Waals surface area contributed by atoms with Crippen LogP contribution < -0.4 is 10.6 Å². The molecule has 8 heteroatoms. The number of rotatable bonds is 3. The van der Waals surface area contributed by atoms with Gasteiger partial charge in [-0.3, -0.25) is 5.10 Å². The first-order chi connectivity index (χ1) is 12.7. The van der Waals surface area contributed by atoms with Gasteiger partial charge in [-0.1, -0.05) is 12.7 Å². The Morgan fingerprint density at radius 1 is 1.27 bits per heavy atom. The predicted molar refractivity (Wildman–Crippen MR) is 96.4 cm³/mol. The average Bonchev–Trinajstić information content (AvgIpc) is 3.30. The van der Waals surface area contributed by atoms with Gasteiger partial charge in [0.25, 0.3) is 0 Å². The van der Waals surface area contributed by atoms with Gasteiger partial charge in [0.2, 0.25) is 0 Å². The van der Waals surface area contributed by atoms with Crippen molar-refractivity contribution in [2.24, 2.45) is 0 Å². The van der Waals surface area contributed by atoms with Crippen LogP contribution in [0.4, 0.5) is 4.39 Å². The maximum Gasteiger partial charge on any atom is 0.178 e. The molecule has 0 saturated heterocycles. The van der Waals surface area contributed by atoms with Crippen molar-refractivity contribution in [1.29, 1.82) is 0 Å². The molecule has 0 saturated carbocycles. The molecule has 0 aliphatic carbocycles. The predicted octanol–water partition coefficient (Wildman–Crippen LogP) is 1.73. The van der Waals surface area contributed by atoms with Crippen molar-refractivity contribution in [2.75, 3.05) is 0 Å². The summed E-state index contributed by atoms with van der Waals surface area (Å²) in [5.74, 6) is -0.102. The molecule has 0 amide bonds. The summed E-state index contributed by atoms with van der Waals surface area (Å²) in [5, 5.41) is 7.88. The zero-order valence-corrected chi connectivity index (χ0v) is 13.9. The fraction of sp³-hybridized carbons (Fsp3) is 0.0556. The van der Waals surface area contributed by atoms with Crippen LogP contribution in [0, 0.1) is 0 Å². The Bertz CT molecular complexity index is 1190. The third kappa shape index (κ3) is 2.57. The summed E-state index contributed by atoms with van der Waals surface area (Å²) < 4.78 is 15.3. The molecule has 4 heterocycles. The molecular formula is C18H14FN7. The average molecular weight is 347 g/mol. The molecule has 0 radical (unpaired) electrons. The smallest absolute Gasteiger partial charge is 0.178 e. The van der Waals surface area contributed by atoms with Crippen molar-refractivity contribution in [1.82, 2.24) is 35.1 Å². The van der Waals surface area contributed by atoms with Crippen molar-refractivity contribution < 1.29 is 4.39 Å². The van der Waals surface area contributed by atoms with Crippen LogP contribution in [0.25, 0.3) is 40.2 Å². The van der Waals surface area contributed by atoms with E-state index in [1.807, 2.05) is 6.07 Å². The number of nitrogens with one attached hydrogen (secondary N) is 2. The van der Waals surface area contributed by atoms with Crippen LogP contribution in [0.1, 0.15) is 12.5 Å². The van der Waals surface area contributed by atoms with E-state index in [2.05, 4.69) is 41.7 Å². The SMILES string of the molecule is C=C(/C(F)=c1/c(-c2nc3ncccc3[nH]2)n[nH]/c1=C/C)c1cncnc1. The van der Waals surface area contributed by atoms with Gasteiger partial charge in [0.15, 0.2) is 11.5 Å². The lowest BCUT2D eigenvalue weighted by molar-refractivity contribution is 0.764. The first kappa shape index (κ1) is 15.8. The third-order valence-corrected chi connectivity index (χ3v) is 3.96. The minimum Gasteiger partial charge on any atom is -0.335 e. The van der Waals surface area contributed by atoms with E-state index < -0.39 is 5.83 Å². The molecule has 128 valence electrons. The normalized spacial score (nSPS) is 13.2. The van der Waals surface area contributed by atoms with Gasteiger partial charge in [0, 0.05) is 29.7 Å². The summed E-state index contributed by atoms with van der Waals surface area (Å²) in [6.07, 6.45) is 7.78. The van der Waals surface area contributed by atoms with E-state index in [1.54, 1.807) is 25.3 Å². The number of imidazole rings is 1. The molecular weight excluding hydrogens is 333 g/mol. The maximum absolute atomic E-state index is 15.3. The zero-order valence-electron chi connectivity index (χ0n) is 13.9. The quantitative estimate of drug-likeness (QED) is 0.588. The van der Waals surface area contributed by atoms with Crippen molar-refractivity contribution in [3.05, 3.63) is 59.8 Å². The first-order valence-electron chi connectivity index (χ1n) is 7.85. The second-order valence-electron chi connectivity index (χ2n) is 5.53. The van der Waals surface area contributed by atoms with Gasteiger partial charge in [-0.05, 0) is 19.1 Å². The number of pyridine rings is 1. The molecule has 26 heavy (non-hydrogen) atoms. The summed E-state index contributed by atoms with van der Waals surface area (Å²) in [7, 11) is 0. The van der Waals surface area contributed by atoms with E-state index in [-0.39, 0.29) is 10.8 Å². The van der Waals surface area contributed by atoms with Crippen molar-refractivity contribution in [2.45, 2.75) is 6.92 Å². The van der Waals surface area contributed by atoms with Gasteiger partial charge in [0.05, 0.1) is 16.1 Å². The lowest BCUT2D eigenvalue weighted by Gasteiger charge is -2.02. The zero-order chi connectivity index (χ0) is 18.1. The maximum atomic E-state index is 15.3. The molecule has 4 aromatic heterocycles. The Labute approximate surface area is 147 Å². The van der Waals surface area contributed by atoms with E-state index in [1.165, 1.54) is 18.7 Å². The van der Waals surface area contributed by atoms with Gasteiger partial charge in [-0.2, -0.15) is 5.10 Å². The standard InChI is InChI=1S/C18H14FN7/c1-3-12-14(15(19)10(2)11-7-20-9-21-8-11)16(26-25-12)18-23-13-5-4-6-22-17(13)24-18/h3-9,25H,2H2,1H3,(H,22,23,24)/b12-3+,15-14-. The highest BCUT2D eigenvalue weighted by molar-refractivity contribution is 5.93. The second kappa shape index (κ2) is 6.32. The highest BCUT2D eigenvalue weighted by atomic mass is 19.1. The van der Waals surface area contributed by atoms with Crippen LogP contribution in [-0.4, -0.2) is 35.1 Å². The summed E-state index contributed by atoms with van der Waals surface area (Å²) in [6.45, 7) is 5.64. The molecule has 4 aromatic rings. The molecule has 4 rings (SSSR count). The fourth-order valence-corrected chi connectivity index (χ4v) is 2.65. The largest absolute Gasteiger partial charge is 0.335 e. The fourth-order valence-electron chi connectivity index (χ4n) is 2.65. The Kier molecular flexibility index (Phi) is 3.85. The summed E-state index contributed by atoms with van der Waals surface area (Å²) in [5.41, 5.74) is 2.30. The van der Waals surface area contributed by atoms with E-state index in [0.717, 1.165) is 5.52 Å². The molecule has 7 nitrogen and oxygen atoms in total. The van der Waals surface area contributed by atoms with E-state index in [9.17, 15) is 0 Å². The molecule has 2 N–H and O–H groups in total. The van der Waals surface area contributed by atoms with Gasteiger partial charge in [-0.25, -0.2) is 24.3 Å². The van der Waals surface area contributed by atoms with E-state index in [4.69, 9.17) is 0 Å². The van der Waals surface area contributed by atoms with Gasteiger partial charge < -0.3 is 4.98 Å². The Hall–Kier alpha value is -3.68. The monoisotopic (exact) mass is 347 g/mol. The molecule has 0 bridgehead atoms. The van der Waals surface area contributed by atoms with Crippen molar-refractivity contribution in [3.8, 4) is 11.5 Å². The number of hydrogen-bond donors (Lipinski definition) is 2. The van der Waals surface area contributed by atoms with Crippen LogP contribution in [0.15, 0.2) is 43.6 Å². The number of aromatic amines is 2. The molecule has 0 fully saturated rings. The molecule has 0 aliphatic rings. The van der Waals surface area contributed by atoms with Crippen molar-refractivity contribution >= 4 is 28.6 Å². The molecule has 0 spiro atoms. The Morgan fingerprint density at radius 3 is 2.81 bits per heavy atom. The summed E-state index contributed by atoms with van der Waals surface area (Å²) in [6, 6.07) is 3.64. The minimum absolute atomic E-state index is 0.172. The van der Waals surface area contributed by atoms with Gasteiger partial charge in [0.1, 0.15) is 17.8 Å². The first-order valence-corrected chi connectivity index (χ1v) is 7.85. The van der Waals surface area contributed by atoms with Gasteiger partial charge >= 0.3 is 0 Å². The number of halogens is 1.